The number of para-hydroxylation sites is 1. The molecule has 6 nitrogen and oxygen atoms in total. The lowest BCUT2D eigenvalue weighted by Gasteiger charge is -2.32. The van der Waals surface area contributed by atoms with Crippen LogP contribution in [0, 0.1) is 18.3 Å². The maximum atomic E-state index is 13.2. The van der Waals surface area contributed by atoms with E-state index in [4.69, 9.17) is 4.42 Å². The van der Waals surface area contributed by atoms with E-state index in [-0.39, 0.29) is 23.5 Å². The minimum Gasteiger partial charge on any atom is -0.465 e. The zero-order valence-corrected chi connectivity index (χ0v) is 19.5. The van der Waals surface area contributed by atoms with Crippen molar-refractivity contribution in [3.63, 3.8) is 0 Å². The Morgan fingerprint density at radius 1 is 1.27 bits per heavy atom. The number of thioether (sulfide) groups is 1. The van der Waals surface area contributed by atoms with E-state index in [1.807, 2.05) is 42.2 Å². The van der Waals surface area contributed by atoms with Gasteiger partial charge in [0.2, 0.25) is 5.91 Å². The second-order valence-corrected chi connectivity index (χ2v) is 9.75. The molecule has 5 rings (SSSR count). The Morgan fingerprint density at radius 3 is 2.85 bits per heavy atom. The highest BCUT2D eigenvalue weighted by Crippen LogP contribution is 2.44. The molecule has 2 aromatic rings. The second-order valence-electron chi connectivity index (χ2n) is 8.76. The van der Waals surface area contributed by atoms with Crippen molar-refractivity contribution >= 4 is 29.1 Å². The Morgan fingerprint density at radius 2 is 2.09 bits per heavy atom. The van der Waals surface area contributed by atoms with E-state index in [0.29, 0.717) is 28.4 Å². The highest BCUT2D eigenvalue weighted by atomic mass is 32.2. The van der Waals surface area contributed by atoms with Crippen LogP contribution in [0.1, 0.15) is 49.2 Å². The molecular formula is C26H25N3O3S. The van der Waals surface area contributed by atoms with Crippen molar-refractivity contribution in [1.29, 1.82) is 5.26 Å². The van der Waals surface area contributed by atoms with Crippen molar-refractivity contribution in [3.8, 4) is 6.07 Å². The van der Waals surface area contributed by atoms with E-state index >= 15 is 0 Å². The number of allylic oxidation sites excluding steroid dienone is 3. The summed E-state index contributed by atoms with van der Waals surface area (Å²) in [5.74, 6) is 1.06. The van der Waals surface area contributed by atoms with Gasteiger partial charge in [-0.1, -0.05) is 30.0 Å². The number of amides is 1. The summed E-state index contributed by atoms with van der Waals surface area (Å²) in [5.41, 5.74) is 4.06. The molecule has 1 aromatic carbocycles. The Kier molecular flexibility index (Phi) is 5.63. The van der Waals surface area contributed by atoms with Gasteiger partial charge in [-0.2, -0.15) is 5.26 Å². The van der Waals surface area contributed by atoms with Crippen LogP contribution in [0.2, 0.25) is 0 Å². The summed E-state index contributed by atoms with van der Waals surface area (Å²) in [4.78, 5) is 27.9. The molecule has 0 spiro atoms. The first-order valence-electron chi connectivity index (χ1n) is 11.2. The van der Waals surface area contributed by atoms with Crippen LogP contribution in [0.25, 0.3) is 0 Å². The van der Waals surface area contributed by atoms with E-state index < -0.39 is 5.92 Å². The van der Waals surface area contributed by atoms with Gasteiger partial charge in [-0.15, -0.1) is 0 Å². The van der Waals surface area contributed by atoms with Crippen LogP contribution in [0.3, 0.4) is 0 Å². The van der Waals surface area contributed by atoms with E-state index in [1.165, 1.54) is 17.3 Å². The molecule has 2 atom stereocenters. The summed E-state index contributed by atoms with van der Waals surface area (Å²) in [7, 11) is 0. The minimum absolute atomic E-state index is 0.00827. The molecule has 0 saturated heterocycles. The highest BCUT2D eigenvalue weighted by Gasteiger charge is 2.39. The van der Waals surface area contributed by atoms with Gasteiger partial charge in [0.1, 0.15) is 11.5 Å². The summed E-state index contributed by atoms with van der Waals surface area (Å²) >= 11 is 1.33. The van der Waals surface area contributed by atoms with E-state index in [1.54, 1.807) is 0 Å². The zero-order chi connectivity index (χ0) is 23.1. The molecule has 0 radical (unpaired) electrons. The van der Waals surface area contributed by atoms with E-state index in [9.17, 15) is 14.9 Å². The lowest BCUT2D eigenvalue weighted by atomic mass is 9.79. The summed E-state index contributed by atoms with van der Waals surface area (Å²) in [6.07, 6.45) is 2.83. The first-order chi connectivity index (χ1) is 16.0. The maximum absolute atomic E-state index is 13.2. The number of furan rings is 1. The summed E-state index contributed by atoms with van der Waals surface area (Å²) < 4.78 is 5.88. The van der Waals surface area contributed by atoms with Crippen molar-refractivity contribution in [3.05, 3.63) is 75.4 Å². The molecule has 168 valence electrons. The van der Waals surface area contributed by atoms with Gasteiger partial charge in [-0.05, 0) is 56.9 Å². The van der Waals surface area contributed by atoms with Crippen molar-refractivity contribution in [2.45, 2.75) is 51.5 Å². The molecule has 33 heavy (non-hydrogen) atoms. The fourth-order valence-corrected chi connectivity index (χ4v) is 6.00. The van der Waals surface area contributed by atoms with Gasteiger partial charge in [0.05, 0.1) is 28.3 Å². The molecule has 0 bridgehead atoms. The van der Waals surface area contributed by atoms with Gasteiger partial charge < -0.3 is 14.6 Å². The van der Waals surface area contributed by atoms with E-state index in [2.05, 4.69) is 24.4 Å². The Hall–Kier alpha value is -3.24. The number of carbonyl (C=O) groups is 2. The number of aryl methyl sites for hydroxylation is 1. The van der Waals surface area contributed by atoms with Gasteiger partial charge in [0, 0.05) is 29.4 Å². The van der Waals surface area contributed by atoms with Gasteiger partial charge in [-0.25, -0.2) is 0 Å². The fourth-order valence-electron chi connectivity index (χ4n) is 5.08. The van der Waals surface area contributed by atoms with Crippen LogP contribution in [0.4, 0.5) is 5.69 Å². The zero-order valence-electron chi connectivity index (χ0n) is 18.7. The lowest BCUT2D eigenvalue weighted by Crippen LogP contribution is -2.37. The molecular weight excluding hydrogens is 434 g/mol. The molecule has 1 N–H and O–H groups in total. The number of benzene rings is 1. The van der Waals surface area contributed by atoms with Crippen molar-refractivity contribution < 1.29 is 14.0 Å². The molecule has 7 heteroatoms. The normalized spacial score (nSPS) is 22.1. The molecule has 1 aromatic heterocycles. The SMILES string of the molecule is Cc1ccc([C@H]2C(C#N)=C(SCC(=O)N3c4ccccc4C[C@@H]3C)NC3=C2C(=O)CCC3)o1. The largest absolute Gasteiger partial charge is 0.465 e. The molecule has 3 heterocycles. The predicted molar refractivity (Wildman–Crippen MR) is 127 cm³/mol. The second kappa shape index (κ2) is 8.60. The number of hydrogen-bond donors (Lipinski definition) is 1. The van der Waals surface area contributed by atoms with Gasteiger partial charge >= 0.3 is 0 Å². The third kappa shape index (κ3) is 3.79. The number of fused-ring (bicyclic) bond motifs is 1. The molecule has 0 saturated carbocycles. The highest BCUT2D eigenvalue weighted by molar-refractivity contribution is 8.03. The van der Waals surface area contributed by atoms with Gasteiger partial charge in [0.15, 0.2) is 5.78 Å². The van der Waals surface area contributed by atoms with Crippen LogP contribution in [0.5, 0.6) is 0 Å². The first-order valence-corrected chi connectivity index (χ1v) is 12.2. The Bertz CT molecular complexity index is 1250. The van der Waals surface area contributed by atoms with Gasteiger partial charge in [-0.3, -0.25) is 9.59 Å². The number of dihydropyridines is 1. The predicted octanol–water partition coefficient (Wildman–Crippen LogP) is 4.73. The molecule has 0 unspecified atom stereocenters. The van der Waals surface area contributed by atoms with Crippen LogP contribution < -0.4 is 10.2 Å². The summed E-state index contributed by atoms with van der Waals surface area (Å²) in [6, 6.07) is 14.1. The number of nitrogens with zero attached hydrogens (tertiary/aromatic N) is 2. The number of ketones is 1. The number of hydrogen-bond acceptors (Lipinski definition) is 6. The standard InChI is InChI=1S/C26H25N3O3S/c1-15-12-17-6-3-4-8-20(17)29(15)23(31)14-33-26-18(13-27)24(22-11-10-16(2)32-22)25-19(28-26)7-5-9-21(25)30/h3-4,6,8,10-11,15,24,28H,5,7,9,12,14H2,1-2H3/t15-,24+/m0/s1. The summed E-state index contributed by atoms with van der Waals surface area (Å²) in [6.45, 7) is 3.91. The molecule has 1 amide bonds. The third-order valence-corrected chi connectivity index (χ3v) is 7.53. The van der Waals surface area contributed by atoms with Crippen LogP contribution in [-0.4, -0.2) is 23.5 Å². The van der Waals surface area contributed by atoms with Crippen molar-refractivity contribution in [1.82, 2.24) is 5.32 Å². The van der Waals surface area contributed by atoms with Gasteiger partial charge in [0.25, 0.3) is 0 Å². The van der Waals surface area contributed by atoms with Crippen LogP contribution in [-0.2, 0) is 16.0 Å². The Balaban J connectivity index is 1.44. The molecule has 1 aliphatic carbocycles. The molecule has 3 aliphatic rings. The van der Waals surface area contributed by atoms with E-state index in [0.717, 1.165) is 36.4 Å². The van der Waals surface area contributed by atoms with Crippen molar-refractivity contribution in [2.75, 3.05) is 10.7 Å². The molecule has 2 aliphatic heterocycles. The van der Waals surface area contributed by atoms with Crippen molar-refractivity contribution in [2.24, 2.45) is 0 Å². The number of Topliss-reactive ketones (excluding diaryl/α,β-unsaturated/α-hetero) is 1. The quantitative estimate of drug-likeness (QED) is 0.712. The maximum Gasteiger partial charge on any atom is 0.237 e. The minimum atomic E-state index is -0.531. The fraction of sp³-hybridized carbons (Fsp3) is 0.346. The topological polar surface area (TPSA) is 86.3 Å². The van der Waals surface area contributed by atoms with Crippen LogP contribution in [0.15, 0.2) is 62.7 Å². The Labute approximate surface area is 197 Å². The van der Waals surface area contributed by atoms with Crippen LogP contribution >= 0.6 is 11.8 Å². The summed E-state index contributed by atoms with van der Waals surface area (Å²) in [5, 5.41) is 14.1. The first kappa shape index (κ1) is 21.6. The number of nitrogens with one attached hydrogen (secondary N) is 1. The molecule has 0 fully saturated rings. The monoisotopic (exact) mass is 459 g/mol. The number of rotatable bonds is 4. The lowest BCUT2D eigenvalue weighted by molar-refractivity contribution is -0.117. The smallest absolute Gasteiger partial charge is 0.237 e. The number of nitriles is 1. The number of carbonyl (C=O) groups excluding carboxylic acids is 2. The number of anilines is 1. The third-order valence-electron chi connectivity index (χ3n) is 6.52. The average molecular weight is 460 g/mol. The average Bonchev–Trinajstić information content (AvgIpc) is 3.38.